The average molecular weight is 723 g/mol. The number of hydrogen-bond donors (Lipinski definition) is 3. The first-order chi connectivity index (χ1) is 25.0. The van der Waals surface area contributed by atoms with Crippen LogP contribution in [0.25, 0.3) is 21.6 Å². The first-order valence-electron chi connectivity index (χ1n) is 17.6. The molecule has 2 saturated carbocycles. The molecule has 52 heavy (non-hydrogen) atoms. The number of carbonyl (C=O) groups is 4. The minimum absolute atomic E-state index is 0.0793. The Morgan fingerprint density at radius 2 is 1.75 bits per heavy atom. The van der Waals surface area contributed by atoms with Gasteiger partial charge >= 0.3 is 12.1 Å². The molecule has 3 atom stereocenters. The number of aromatic nitrogens is 1. The van der Waals surface area contributed by atoms with Gasteiger partial charge in [0, 0.05) is 51.8 Å². The summed E-state index contributed by atoms with van der Waals surface area (Å²) in [6.07, 6.45) is 4.61. The molecule has 1 aliphatic heterocycles. The number of amides is 3. The lowest BCUT2D eigenvalue weighted by atomic mass is 9.93. The van der Waals surface area contributed by atoms with Gasteiger partial charge in [-0.25, -0.2) is 14.6 Å². The van der Waals surface area contributed by atoms with Gasteiger partial charge in [0.15, 0.2) is 5.69 Å². The monoisotopic (exact) mass is 722 g/mol. The summed E-state index contributed by atoms with van der Waals surface area (Å²) in [5.74, 6) is 0.205. The summed E-state index contributed by atoms with van der Waals surface area (Å²) >= 11 is 1.57. The number of pyridine rings is 1. The van der Waals surface area contributed by atoms with Crippen LogP contribution in [0.15, 0.2) is 60.0 Å². The number of anilines is 1. The first kappa shape index (κ1) is 35.2. The highest BCUT2D eigenvalue weighted by atomic mass is 32.1. The number of rotatable bonds is 8. The molecule has 3 N–H and O–H groups in total. The molecule has 2 aromatic carbocycles. The Kier molecular flexibility index (Phi) is 9.76. The van der Waals surface area contributed by atoms with E-state index in [2.05, 4.69) is 27.0 Å². The van der Waals surface area contributed by atoms with E-state index in [1.165, 1.54) is 13.5 Å². The molecule has 0 unspecified atom stereocenters. The Balaban J connectivity index is 1.21. The molecule has 3 aliphatic rings. The van der Waals surface area contributed by atoms with Crippen molar-refractivity contribution >= 4 is 40.9 Å². The summed E-state index contributed by atoms with van der Waals surface area (Å²) in [6.45, 7) is 6.09. The molecule has 2 aliphatic carbocycles. The Hall–Kier alpha value is -5.23. The van der Waals surface area contributed by atoms with Crippen LogP contribution in [0.1, 0.15) is 88.9 Å². The van der Waals surface area contributed by atoms with E-state index in [0.29, 0.717) is 47.4 Å². The highest BCUT2D eigenvalue weighted by Crippen LogP contribution is 2.45. The van der Waals surface area contributed by atoms with Crippen LogP contribution in [0.2, 0.25) is 0 Å². The largest absolute Gasteiger partial charge is 0.493 e. The van der Waals surface area contributed by atoms with Crippen LogP contribution in [0.5, 0.6) is 5.75 Å². The number of carbonyl (C=O) groups excluding carboxylic acids is 4. The molecule has 2 aromatic heterocycles. The van der Waals surface area contributed by atoms with Crippen LogP contribution < -0.4 is 20.7 Å². The summed E-state index contributed by atoms with van der Waals surface area (Å²) in [6, 6.07) is 16.0. The minimum atomic E-state index is -0.733. The van der Waals surface area contributed by atoms with Gasteiger partial charge in [-0.2, -0.15) is 0 Å². The molecule has 0 radical (unpaired) electrons. The quantitative estimate of drug-likeness (QED) is 0.160. The van der Waals surface area contributed by atoms with Crippen molar-refractivity contribution in [2.75, 3.05) is 19.0 Å². The van der Waals surface area contributed by atoms with Crippen LogP contribution >= 0.6 is 11.3 Å². The predicted molar refractivity (Wildman–Crippen MR) is 198 cm³/mol. The second-order valence-electron chi connectivity index (χ2n) is 14.6. The number of thiophene rings is 1. The summed E-state index contributed by atoms with van der Waals surface area (Å²) in [7, 11) is 1.26. The number of methoxy groups -OCH3 is 1. The Labute approximate surface area is 306 Å². The molecule has 2 fully saturated rings. The van der Waals surface area contributed by atoms with Crippen molar-refractivity contribution in [3.05, 3.63) is 88.1 Å². The lowest BCUT2D eigenvalue weighted by Crippen LogP contribution is -2.39. The zero-order chi connectivity index (χ0) is 36.6. The van der Waals surface area contributed by atoms with Gasteiger partial charge in [0.05, 0.1) is 13.7 Å². The zero-order valence-corrected chi connectivity index (χ0v) is 30.5. The second-order valence-corrected chi connectivity index (χ2v) is 15.5. The number of ether oxygens (including phenoxy) is 3. The molecule has 4 aromatic rings. The lowest BCUT2D eigenvalue weighted by Gasteiger charge is -2.23. The first-order valence-corrected chi connectivity index (χ1v) is 18.5. The summed E-state index contributed by atoms with van der Waals surface area (Å²) in [4.78, 5) is 58.6. The molecular formula is C40H42N4O7S. The predicted octanol–water partition coefficient (Wildman–Crippen LogP) is 7.39. The third-order valence-corrected chi connectivity index (χ3v) is 10.9. The number of fused-ring (bicyclic) bond motifs is 5. The van der Waals surface area contributed by atoms with Gasteiger partial charge in [-0.15, -0.1) is 11.3 Å². The highest BCUT2D eigenvalue weighted by molar-refractivity contribution is 7.13. The van der Waals surface area contributed by atoms with E-state index in [9.17, 15) is 19.2 Å². The third kappa shape index (κ3) is 7.52. The topological polar surface area (TPSA) is 145 Å². The molecule has 270 valence electrons. The van der Waals surface area contributed by atoms with Crippen LogP contribution in [0.4, 0.5) is 10.5 Å². The van der Waals surface area contributed by atoms with Gasteiger partial charge in [-0.3, -0.25) is 9.59 Å². The van der Waals surface area contributed by atoms with Crippen molar-refractivity contribution in [2.45, 2.75) is 71.1 Å². The van der Waals surface area contributed by atoms with Crippen molar-refractivity contribution in [2.24, 2.45) is 11.8 Å². The van der Waals surface area contributed by atoms with Crippen molar-refractivity contribution in [3.8, 4) is 27.3 Å². The van der Waals surface area contributed by atoms with Crippen LogP contribution in [0, 0.1) is 11.8 Å². The van der Waals surface area contributed by atoms with E-state index >= 15 is 0 Å². The summed E-state index contributed by atoms with van der Waals surface area (Å²) in [5, 5.41) is 10.9. The number of nitrogens with one attached hydrogen (secondary N) is 3. The maximum atomic E-state index is 14.2. The van der Waals surface area contributed by atoms with Gasteiger partial charge in [-0.05, 0) is 111 Å². The summed E-state index contributed by atoms with van der Waals surface area (Å²) < 4.78 is 16.7. The maximum absolute atomic E-state index is 14.2. The van der Waals surface area contributed by atoms with E-state index < -0.39 is 23.6 Å². The van der Waals surface area contributed by atoms with Gasteiger partial charge < -0.3 is 30.2 Å². The summed E-state index contributed by atoms with van der Waals surface area (Å²) in [5.41, 5.74) is 3.68. The SMILES string of the molecule is COC(=O)c1nc(C(=O)N[C@H]2C[C@@H]3CC[C@H]2C3)ccc1-c1cc2c(cc1C(=O)Nc1ccc(CNC(=O)OC(C)(C)C)cc1)-c1sccc1CCO2. The van der Waals surface area contributed by atoms with Crippen molar-refractivity contribution < 1.29 is 33.4 Å². The fraction of sp³-hybridized carbons (Fsp3) is 0.375. The number of esters is 1. The van der Waals surface area contributed by atoms with Gasteiger partial charge in [-0.1, -0.05) is 18.6 Å². The standard InChI is InChI=1S/C40H42N4O7S/c1-40(2,3)51-39(48)41-21-22-6-9-26(10-7-22)42-36(45)29-19-30-33(50-15-13-24-14-16-52-35(24)30)20-28(29)27-11-12-31(43-34(27)38(47)49-4)37(46)44-32-18-23-5-8-25(32)17-23/h6-7,9-12,14,16,19-20,23,25,32H,5,8,13,15,17-18,21H2,1-4H3,(H,41,48)(H,42,45)(H,44,46)/t23-,25+,32+/m1/s1. The van der Waals surface area contributed by atoms with E-state index in [-0.39, 0.29) is 35.4 Å². The average Bonchev–Trinajstić information content (AvgIpc) is 3.86. The number of hydrogen-bond acceptors (Lipinski definition) is 9. The normalized spacial score (nSPS) is 18.7. The zero-order valence-electron chi connectivity index (χ0n) is 29.7. The van der Waals surface area contributed by atoms with Gasteiger partial charge in [0.1, 0.15) is 17.0 Å². The maximum Gasteiger partial charge on any atom is 0.407 e. The smallest absolute Gasteiger partial charge is 0.407 e. The van der Waals surface area contributed by atoms with Crippen LogP contribution in [-0.2, 0) is 22.4 Å². The number of alkyl carbamates (subject to hydrolysis) is 1. The fourth-order valence-corrected chi connectivity index (χ4v) is 8.42. The van der Waals surface area contributed by atoms with Crippen molar-refractivity contribution in [3.63, 3.8) is 0 Å². The Morgan fingerprint density at radius 1 is 0.942 bits per heavy atom. The Morgan fingerprint density at radius 3 is 2.46 bits per heavy atom. The number of benzene rings is 2. The van der Waals surface area contributed by atoms with Crippen molar-refractivity contribution in [1.82, 2.24) is 15.6 Å². The van der Waals surface area contributed by atoms with E-state index in [4.69, 9.17) is 14.2 Å². The Bertz CT molecular complexity index is 2030. The molecule has 11 nitrogen and oxygen atoms in total. The van der Waals surface area contributed by atoms with E-state index in [1.54, 1.807) is 80.6 Å². The lowest BCUT2D eigenvalue weighted by molar-refractivity contribution is 0.0522. The molecule has 3 heterocycles. The molecule has 2 bridgehead atoms. The number of nitrogens with zero attached hydrogens (tertiary/aromatic N) is 1. The third-order valence-electron chi connectivity index (χ3n) is 9.88. The molecular weight excluding hydrogens is 681 g/mol. The minimum Gasteiger partial charge on any atom is -0.493 e. The van der Waals surface area contributed by atoms with E-state index in [0.717, 1.165) is 40.8 Å². The van der Waals surface area contributed by atoms with Crippen LogP contribution in [0.3, 0.4) is 0 Å². The van der Waals surface area contributed by atoms with Crippen molar-refractivity contribution in [1.29, 1.82) is 0 Å². The van der Waals surface area contributed by atoms with Gasteiger partial charge in [0.2, 0.25) is 0 Å². The van der Waals surface area contributed by atoms with E-state index in [1.807, 2.05) is 5.38 Å². The fourth-order valence-electron chi connectivity index (χ4n) is 7.44. The molecule has 0 saturated heterocycles. The molecule has 12 heteroatoms. The molecule has 7 rings (SSSR count). The van der Waals surface area contributed by atoms with Crippen LogP contribution in [-0.4, -0.2) is 54.2 Å². The highest BCUT2D eigenvalue weighted by Gasteiger charge is 2.40. The second kappa shape index (κ2) is 14.4. The van der Waals surface area contributed by atoms with Gasteiger partial charge in [0.25, 0.3) is 11.8 Å². The molecule has 3 amide bonds. The molecule has 0 spiro atoms.